The van der Waals surface area contributed by atoms with Gasteiger partial charge in [-0.2, -0.15) is 13.2 Å². The minimum absolute atomic E-state index is 0.0472. The van der Waals surface area contributed by atoms with Crippen molar-refractivity contribution in [3.8, 4) is 0 Å². The summed E-state index contributed by atoms with van der Waals surface area (Å²) in [5.41, 5.74) is 2.13. The first kappa shape index (κ1) is 32.4. The third-order valence-corrected chi connectivity index (χ3v) is 6.07. The third-order valence-electron chi connectivity index (χ3n) is 6.07. The van der Waals surface area contributed by atoms with Crippen LogP contribution in [0.2, 0.25) is 0 Å². The summed E-state index contributed by atoms with van der Waals surface area (Å²) in [4.78, 5) is 15.1. The zero-order valence-corrected chi connectivity index (χ0v) is 23.1. The maximum Gasteiger partial charge on any atom is 0.407 e. The number of alkyl halides is 3. The monoisotopic (exact) mass is 552 g/mol. The quantitative estimate of drug-likeness (QED) is 0.285. The fourth-order valence-electron chi connectivity index (χ4n) is 4.08. The van der Waals surface area contributed by atoms with Crippen LogP contribution < -0.4 is 20.9 Å². The Labute approximate surface area is 230 Å². The van der Waals surface area contributed by atoms with E-state index in [0.717, 1.165) is 44.1 Å². The van der Waals surface area contributed by atoms with Gasteiger partial charge in [-0.05, 0) is 48.6 Å². The highest BCUT2D eigenvalue weighted by Gasteiger charge is 2.42. The molecule has 10 heteroatoms. The Balaban J connectivity index is 0.00000124. The molecule has 2 aromatic carbocycles. The molecule has 0 aliphatic carbocycles. The van der Waals surface area contributed by atoms with E-state index in [4.69, 9.17) is 9.84 Å². The van der Waals surface area contributed by atoms with Crippen molar-refractivity contribution >= 4 is 17.3 Å². The van der Waals surface area contributed by atoms with Gasteiger partial charge in [-0.3, -0.25) is 10.1 Å². The van der Waals surface area contributed by atoms with Gasteiger partial charge in [0.05, 0.1) is 19.3 Å². The lowest BCUT2D eigenvalue weighted by Crippen LogP contribution is -2.50. The average molecular weight is 553 g/mol. The largest absolute Gasteiger partial charge is 0.407 e. The van der Waals surface area contributed by atoms with Crippen molar-refractivity contribution in [2.45, 2.75) is 51.9 Å². The van der Waals surface area contributed by atoms with Crippen LogP contribution >= 0.6 is 0 Å². The van der Waals surface area contributed by atoms with Gasteiger partial charge in [0.1, 0.15) is 6.04 Å². The fraction of sp³-hybridized carbons (Fsp3) is 0.552. The van der Waals surface area contributed by atoms with E-state index >= 15 is 0 Å². The molecule has 7 nitrogen and oxygen atoms in total. The number of halogens is 3. The summed E-state index contributed by atoms with van der Waals surface area (Å²) in [6.45, 7) is 9.95. The molecule has 1 aliphatic heterocycles. The number of aliphatic hydroxyl groups excluding tert-OH is 1. The maximum atomic E-state index is 13.8. The molecule has 2 atom stereocenters. The third kappa shape index (κ3) is 11.8. The molecule has 2 unspecified atom stereocenters. The molecule has 1 saturated heterocycles. The van der Waals surface area contributed by atoms with Gasteiger partial charge >= 0.3 is 6.18 Å². The van der Waals surface area contributed by atoms with Crippen molar-refractivity contribution in [2.75, 3.05) is 56.2 Å². The second-order valence-electron chi connectivity index (χ2n) is 9.82. The first-order valence-electron chi connectivity index (χ1n) is 13.6. The number of aliphatic hydroxyl groups is 1. The van der Waals surface area contributed by atoms with Gasteiger partial charge in [-0.15, -0.1) is 0 Å². The van der Waals surface area contributed by atoms with Gasteiger partial charge < -0.3 is 25.4 Å². The second-order valence-corrected chi connectivity index (χ2v) is 9.82. The molecule has 0 radical (unpaired) electrons. The molecular formula is C29H43F3N4O3. The molecule has 0 aromatic heterocycles. The number of benzene rings is 2. The van der Waals surface area contributed by atoms with E-state index in [2.05, 4.69) is 20.9 Å². The molecule has 0 spiro atoms. The Hall–Kier alpha value is -2.82. The summed E-state index contributed by atoms with van der Waals surface area (Å²) in [5.74, 6) is -0.389. The number of hydrogen-bond acceptors (Lipinski definition) is 6. The highest BCUT2D eigenvalue weighted by molar-refractivity contribution is 5.81. The van der Waals surface area contributed by atoms with Crippen LogP contribution in [0.5, 0.6) is 0 Å². The van der Waals surface area contributed by atoms with Crippen molar-refractivity contribution in [1.29, 1.82) is 0 Å². The molecule has 1 amide bonds. The summed E-state index contributed by atoms with van der Waals surface area (Å²) >= 11 is 0. The predicted octanol–water partition coefficient (Wildman–Crippen LogP) is 4.75. The van der Waals surface area contributed by atoms with E-state index in [1.54, 1.807) is 18.2 Å². The molecule has 1 heterocycles. The lowest BCUT2D eigenvalue weighted by molar-refractivity contribution is -0.161. The van der Waals surface area contributed by atoms with Gasteiger partial charge in [-0.25, -0.2) is 0 Å². The molecule has 2 aromatic rings. The molecule has 4 N–H and O–H groups in total. The van der Waals surface area contributed by atoms with Crippen LogP contribution in [0, 0.1) is 5.92 Å². The topological polar surface area (TPSA) is 85.9 Å². The van der Waals surface area contributed by atoms with Gasteiger partial charge in [0, 0.05) is 44.2 Å². The van der Waals surface area contributed by atoms with Gasteiger partial charge in [0.2, 0.25) is 5.91 Å². The summed E-state index contributed by atoms with van der Waals surface area (Å²) in [6, 6.07) is 12.8. The number of amides is 1. The van der Waals surface area contributed by atoms with E-state index < -0.39 is 24.2 Å². The highest BCUT2D eigenvalue weighted by Crippen LogP contribution is 2.33. The number of ether oxygens (including phenoxy) is 1. The molecule has 0 bridgehead atoms. The first-order chi connectivity index (χ1) is 18.7. The second kappa shape index (κ2) is 17.0. The minimum Gasteiger partial charge on any atom is -0.396 e. The standard InChI is InChI=1S/C26H35F3N4O2.C3H8O/c1-19(2)18-23(32-24(26(27,28)29)20-6-4-3-5-7-20)25(34)31-13-12-30-21-8-10-22(11-9-21)33-14-16-35-17-15-33;1-2-3-4/h3-11,19,23-24,30,32H,12-18H2,1-2H3,(H,31,34);4H,2-3H2,1H3. The van der Waals surface area contributed by atoms with E-state index in [0.29, 0.717) is 26.1 Å². The summed E-state index contributed by atoms with van der Waals surface area (Å²) in [6.07, 6.45) is -3.35. The van der Waals surface area contributed by atoms with Crippen LogP contribution in [-0.4, -0.2) is 69.2 Å². The van der Waals surface area contributed by atoms with Crippen LogP contribution in [0.3, 0.4) is 0 Å². The molecule has 218 valence electrons. The van der Waals surface area contributed by atoms with Crippen molar-refractivity contribution in [3.63, 3.8) is 0 Å². The molecule has 1 fully saturated rings. The van der Waals surface area contributed by atoms with E-state index in [1.165, 1.54) is 12.1 Å². The summed E-state index contributed by atoms with van der Waals surface area (Å²) in [5, 5.41) is 16.5. The molecule has 39 heavy (non-hydrogen) atoms. The summed E-state index contributed by atoms with van der Waals surface area (Å²) in [7, 11) is 0. The van der Waals surface area contributed by atoms with Crippen molar-refractivity contribution < 1.29 is 27.8 Å². The zero-order chi connectivity index (χ0) is 28.7. The number of morpholine rings is 1. The number of carbonyl (C=O) groups is 1. The van der Waals surface area contributed by atoms with Crippen LogP contribution in [0.25, 0.3) is 0 Å². The van der Waals surface area contributed by atoms with Crippen LogP contribution in [0.1, 0.15) is 45.2 Å². The van der Waals surface area contributed by atoms with Crippen LogP contribution in [-0.2, 0) is 9.53 Å². The smallest absolute Gasteiger partial charge is 0.396 e. The fourth-order valence-corrected chi connectivity index (χ4v) is 4.08. The van der Waals surface area contributed by atoms with Crippen molar-refractivity contribution in [1.82, 2.24) is 10.6 Å². The summed E-state index contributed by atoms with van der Waals surface area (Å²) < 4.78 is 46.8. The SMILES string of the molecule is CC(C)CC(NC(c1ccccc1)C(F)(F)F)C(=O)NCCNc1ccc(N2CCOCC2)cc1.CCCO. The lowest BCUT2D eigenvalue weighted by atomic mass is 9.99. The number of hydrogen-bond donors (Lipinski definition) is 4. The number of rotatable bonds is 12. The Kier molecular flexibility index (Phi) is 14.1. The van der Waals surface area contributed by atoms with Gasteiger partial charge in [0.15, 0.2) is 0 Å². The number of nitrogens with one attached hydrogen (secondary N) is 3. The Morgan fingerprint density at radius 2 is 1.64 bits per heavy atom. The van der Waals surface area contributed by atoms with E-state index in [-0.39, 0.29) is 11.5 Å². The van der Waals surface area contributed by atoms with Crippen molar-refractivity contribution in [3.05, 3.63) is 60.2 Å². The van der Waals surface area contributed by atoms with E-state index in [9.17, 15) is 18.0 Å². The lowest BCUT2D eigenvalue weighted by Gasteiger charge is -2.29. The first-order valence-corrected chi connectivity index (χ1v) is 13.6. The number of nitrogens with zero attached hydrogens (tertiary/aromatic N) is 1. The van der Waals surface area contributed by atoms with E-state index in [1.807, 2.05) is 45.0 Å². The Bertz CT molecular complexity index is 935. The van der Waals surface area contributed by atoms with Gasteiger partial charge in [-0.1, -0.05) is 51.1 Å². The number of anilines is 2. The highest BCUT2D eigenvalue weighted by atomic mass is 19.4. The molecule has 1 aliphatic rings. The zero-order valence-electron chi connectivity index (χ0n) is 23.1. The Morgan fingerprint density at radius 3 is 2.18 bits per heavy atom. The Morgan fingerprint density at radius 1 is 1.03 bits per heavy atom. The molecule has 0 saturated carbocycles. The predicted molar refractivity (Wildman–Crippen MR) is 150 cm³/mol. The number of carbonyl (C=O) groups excluding carboxylic acids is 1. The van der Waals surface area contributed by atoms with Crippen LogP contribution in [0.15, 0.2) is 54.6 Å². The minimum atomic E-state index is -4.52. The van der Waals surface area contributed by atoms with Crippen molar-refractivity contribution in [2.24, 2.45) is 5.92 Å². The van der Waals surface area contributed by atoms with Crippen LogP contribution in [0.4, 0.5) is 24.5 Å². The molecule has 3 rings (SSSR count). The molecular weight excluding hydrogens is 509 g/mol. The van der Waals surface area contributed by atoms with Gasteiger partial charge in [0.25, 0.3) is 0 Å². The normalized spacial score (nSPS) is 15.2. The average Bonchev–Trinajstić information content (AvgIpc) is 2.93. The maximum absolute atomic E-state index is 13.8.